The topological polar surface area (TPSA) is 16.1 Å². The monoisotopic (exact) mass is 234 g/mol. The van der Waals surface area contributed by atoms with Crippen molar-refractivity contribution in [1.29, 1.82) is 0 Å². The Kier molecular flexibility index (Phi) is 2.49. The first-order valence-corrected chi connectivity index (χ1v) is 6.16. The molecule has 0 unspecified atom stereocenters. The molecule has 0 spiro atoms. The molecule has 0 radical (unpaired) electrons. The number of nitrogens with zero attached hydrogens (tertiary/aromatic N) is 2. The Hall–Kier alpha value is -0.860. The van der Waals surface area contributed by atoms with Crippen LogP contribution in [-0.4, -0.2) is 29.0 Å². The van der Waals surface area contributed by atoms with Crippen LogP contribution in [0.1, 0.15) is 25.0 Å². The molecule has 1 aromatic rings. The van der Waals surface area contributed by atoms with Gasteiger partial charge in [0.05, 0.1) is 10.7 Å². The van der Waals surface area contributed by atoms with Crippen LogP contribution in [0.15, 0.2) is 24.4 Å². The van der Waals surface area contributed by atoms with Crippen molar-refractivity contribution in [2.45, 2.75) is 31.3 Å². The zero-order chi connectivity index (χ0) is 11.1. The van der Waals surface area contributed by atoms with Crippen molar-refractivity contribution in [3.8, 4) is 0 Å². The number of hydrogen-bond donors (Lipinski definition) is 0. The lowest BCUT2D eigenvalue weighted by Crippen LogP contribution is -2.34. The van der Waals surface area contributed by atoms with Crippen LogP contribution in [0.5, 0.6) is 0 Å². The average molecular weight is 235 g/mol. The number of halogens is 1. The van der Waals surface area contributed by atoms with Crippen LogP contribution in [0, 0.1) is 0 Å². The highest BCUT2D eigenvalue weighted by Crippen LogP contribution is 2.36. The van der Waals surface area contributed by atoms with Gasteiger partial charge in [-0.05, 0) is 44.0 Å². The van der Waals surface area contributed by atoms with Gasteiger partial charge in [-0.3, -0.25) is 9.88 Å². The van der Waals surface area contributed by atoms with Crippen molar-refractivity contribution in [2.75, 3.05) is 7.05 Å². The van der Waals surface area contributed by atoms with E-state index >= 15 is 0 Å². The number of fused-ring (bicyclic) bond motifs is 2. The third-order valence-corrected chi connectivity index (χ3v) is 4.02. The number of pyridine rings is 1. The maximum absolute atomic E-state index is 5.85. The molecule has 0 aromatic carbocycles. The van der Waals surface area contributed by atoms with Gasteiger partial charge in [0.1, 0.15) is 0 Å². The predicted octanol–water partition coefficient (Wildman–Crippen LogP) is 2.98. The second kappa shape index (κ2) is 3.86. The van der Waals surface area contributed by atoms with Crippen molar-refractivity contribution < 1.29 is 0 Å². The summed E-state index contributed by atoms with van der Waals surface area (Å²) < 4.78 is 0. The Morgan fingerprint density at radius 3 is 2.94 bits per heavy atom. The molecule has 2 aliphatic heterocycles. The standard InChI is InChI=1S/C13H15ClN2/c1-16-11-3-4-12(16)7-9(6-11)13-5-2-10(14)8-15-13/h2,5-6,8,11-12H,3-4,7H2,1H3/t11-,12+/m1/s1. The summed E-state index contributed by atoms with van der Waals surface area (Å²) in [5.41, 5.74) is 2.48. The Bertz CT molecular complexity index is 424. The normalized spacial score (nSPS) is 29.2. The van der Waals surface area contributed by atoms with Crippen LogP contribution < -0.4 is 0 Å². The number of hydrogen-bond acceptors (Lipinski definition) is 2. The number of rotatable bonds is 1. The van der Waals surface area contributed by atoms with Crippen LogP contribution in [0.25, 0.3) is 5.57 Å². The number of likely N-dealkylation sites (N-methyl/N-ethyl adjacent to an activating group) is 1. The average Bonchev–Trinajstić information content (AvgIpc) is 2.54. The van der Waals surface area contributed by atoms with Gasteiger partial charge < -0.3 is 0 Å². The highest BCUT2D eigenvalue weighted by atomic mass is 35.5. The molecule has 1 aromatic heterocycles. The van der Waals surface area contributed by atoms with E-state index in [0.717, 1.165) is 12.1 Å². The summed E-state index contributed by atoms with van der Waals surface area (Å²) in [5.74, 6) is 0. The largest absolute Gasteiger partial charge is 0.297 e. The van der Waals surface area contributed by atoms with E-state index in [4.69, 9.17) is 11.6 Å². The Morgan fingerprint density at radius 2 is 2.25 bits per heavy atom. The lowest BCUT2D eigenvalue weighted by atomic mass is 9.99. The molecule has 0 amide bonds. The van der Waals surface area contributed by atoms with Gasteiger partial charge in [0, 0.05) is 18.3 Å². The van der Waals surface area contributed by atoms with E-state index in [1.807, 2.05) is 12.1 Å². The van der Waals surface area contributed by atoms with Gasteiger partial charge in [0.25, 0.3) is 0 Å². The second-order valence-corrected chi connectivity index (χ2v) is 5.16. The molecule has 1 fully saturated rings. The summed E-state index contributed by atoms with van der Waals surface area (Å²) in [6.07, 6.45) is 7.84. The molecule has 2 nitrogen and oxygen atoms in total. The molecule has 0 N–H and O–H groups in total. The van der Waals surface area contributed by atoms with Gasteiger partial charge in [0.2, 0.25) is 0 Å². The summed E-state index contributed by atoms with van der Waals surface area (Å²) in [6, 6.07) is 5.28. The molecule has 3 rings (SSSR count). The second-order valence-electron chi connectivity index (χ2n) is 4.72. The zero-order valence-corrected chi connectivity index (χ0v) is 10.1. The molecule has 2 aliphatic rings. The molecular weight excluding hydrogens is 220 g/mol. The first kappa shape index (κ1) is 10.3. The summed E-state index contributed by atoms with van der Waals surface area (Å²) in [4.78, 5) is 6.89. The van der Waals surface area contributed by atoms with E-state index < -0.39 is 0 Å². The van der Waals surface area contributed by atoms with E-state index in [-0.39, 0.29) is 0 Å². The predicted molar refractivity (Wildman–Crippen MR) is 66.4 cm³/mol. The third kappa shape index (κ3) is 1.66. The summed E-state index contributed by atoms with van der Waals surface area (Å²) in [7, 11) is 2.23. The van der Waals surface area contributed by atoms with Crippen LogP contribution in [0.4, 0.5) is 0 Å². The minimum absolute atomic E-state index is 0.617. The van der Waals surface area contributed by atoms with E-state index in [9.17, 15) is 0 Å². The fourth-order valence-electron chi connectivity index (χ4n) is 2.80. The minimum Gasteiger partial charge on any atom is -0.297 e. The first-order chi connectivity index (χ1) is 7.74. The van der Waals surface area contributed by atoms with Gasteiger partial charge in [-0.1, -0.05) is 17.7 Å². The molecule has 84 valence electrons. The quantitative estimate of drug-likeness (QED) is 0.743. The van der Waals surface area contributed by atoms with Crippen molar-refractivity contribution in [1.82, 2.24) is 9.88 Å². The Balaban J connectivity index is 1.92. The third-order valence-electron chi connectivity index (χ3n) is 3.80. The highest BCUT2D eigenvalue weighted by molar-refractivity contribution is 6.30. The van der Waals surface area contributed by atoms with Crippen LogP contribution >= 0.6 is 11.6 Å². The van der Waals surface area contributed by atoms with E-state index in [1.165, 1.54) is 18.4 Å². The fraction of sp³-hybridized carbons (Fsp3) is 0.462. The first-order valence-electron chi connectivity index (χ1n) is 5.78. The van der Waals surface area contributed by atoms with Crippen molar-refractivity contribution in [2.24, 2.45) is 0 Å². The smallest absolute Gasteiger partial charge is 0.0660 e. The summed E-state index contributed by atoms with van der Waals surface area (Å²) in [5, 5.41) is 0.709. The molecule has 3 heterocycles. The van der Waals surface area contributed by atoms with Gasteiger partial charge in [-0.2, -0.15) is 0 Å². The number of aromatic nitrogens is 1. The lowest BCUT2D eigenvalue weighted by Gasteiger charge is -2.30. The highest BCUT2D eigenvalue weighted by Gasteiger charge is 2.34. The molecule has 2 atom stereocenters. The Labute approximate surface area is 101 Å². The van der Waals surface area contributed by atoms with Gasteiger partial charge in [-0.25, -0.2) is 0 Å². The van der Waals surface area contributed by atoms with E-state index in [2.05, 4.69) is 23.0 Å². The van der Waals surface area contributed by atoms with Crippen molar-refractivity contribution in [3.63, 3.8) is 0 Å². The molecular formula is C13H15ClN2. The van der Waals surface area contributed by atoms with Gasteiger partial charge in [0.15, 0.2) is 0 Å². The molecule has 1 saturated heterocycles. The van der Waals surface area contributed by atoms with Crippen molar-refractivity contribution in [3.05, 3.63) is 35.1 Å². The van der Waals surface area contributed by atoms with Crippen LogP contribution in [0.2, 0.25) is 5.02 Å². The van der Waals surface area contributed by atoms with Crippen LogP contribution in [-0.2, 0) is 0 Å². The lowest BCUT2D eigenvalue weighted by molar-refractivity contribution is 0.264. The maximum atomic E-state index is 5.85. The SMILES string of the molecule is CN1[C@H]2CC[C@@H]1C=C(c1ccc(Cl)cn1)C2. The molecule has 3 heteroatoms. The summed E-state index contributed by atoms with van der Waals surface area (Å²) in [6.45, 7) is 0. The molecule has 2 bridgehead atoms. The molecule has 16 heavy (non-hydrogen) atoms. The maximum Gasteiger partial charge on any atom is 0.0660 e. The fourth-order valence-corrected chi connectivity index (χ4v) is 2.91. The van der Waals surface area contributed by atoms with Gasteiger partial charge in [-0.15, -0.1) is 0 Å². The zero-order valence-electron chi connectivity index (χ0n) is 9.36. The van der Waals surface area contributed by atoms with Gasteiger partial charge >= 0.3 is 0 Å². The Morgan fingerprint density at radius 1 is 1.38 bits per heavy atom. The molecule has 0 aliphatic carbocycles. The van der Waals surface area contributed by atoms with Crippen molar-refractivity contribution >= 4 is 17.2 Å². The van der Waals surface area contributed by atoms with Crippen LogP contribution in [0.3, 0.4) is 0 Å². The van der Waals surface area contributed by atoms with E-state index in [1.54, 1.807) is 6.20 Å². The van der Waals surface area contributed by atoms with E-state index in [0.29, 0.717) is 17.1 Å². The molecule has 0 saturated carbocycles. The minimum atomic E-state index is 0.617. The summed E-state index contributed by atoms with van der Waals surface area (Å²) >= 11 is 5.85.